The van der Waals surface area contributed by atoms with Crippen LogP contribution in [-0.4, -0.2) is 50.0 Å². The molecule has 9 nitrogen and oxygen atoms in total. The summed E-state index contributed by atoms with van der Waals surface area (Å²) in [7, 11) is 1.62. The van der Waals surface area contributed by atoms with Crippen molar-refractivity contribution in [3.63, 3.8) is 0 Å². The zero-order chi connectivity index (χ0) is 32.9. The molecule has 0 saturated carbocycles. The van der Waals surface area contributed by atoms with Crippen molar-refractivity contribution < 1.29 is 28.5 Å². The molecule has 1 aliphatic heterocycles. The molecule has 1 atom stereocenters. The van der Waals surface area contributed by atoms with Crippen LogP contribution in [0.15, 0.2) is 48.8 Å². The van der Waals surface area contributed by atoms with Crippen LogP contribution >= 0.6 is 0 Å². The third kappa shape index (κ3) is 5.47. The second-order valence-electron chi connectivity index (χ2n) is 12.6. The number of rotatable bonds is 7. The number of fused-ring (bicyclic) bond motifs is 2. The van der Waals surface area contributed by atoms with Crippen LogP contribution in [0.1, 0.15) is 61.2 Å². The van der Waals surface area contributed by atoms with Crippen LogP contribution in [0, 0.1) is 26.6 Å². The van der Waals surface area contributed by atoms with Crippen molar-refractivity contribution in [1.82, 2.24) is 19.6 Å². The van der Waals surface area contributed by atoms with Gasteiger partial charge in [0.25, 0.3) is 0 Å². The minimum absolute atomic E-state index is 0.247. The summed E-state index contributed by atoms with van der Waals surface area (Å²) in [5.74, 6) is -0.746. The van der Waals surface area contributed by atoms with E-state index in [0.717, 1.165) is 39.8 Å². The Balaban J connectivity index is 1.66. The van der Waals surface area contributed by atoms with Gasteiger partial charge in [-0.25, -0.2) is 18.7 Å². The summed E-state index contributed by atoms with van der Waals surface area (Å²) in [5, 5.41) is 15.6. The highest BCUT2D eigenvalue weighted by Crippen LogP contribution is 2.43. The van der Waals surface area contributed by atoms with Gasteiger partial charge in [-0.05, 0) is 83.7 Å². The van der Waals surface area contributed by atoms with Crippen LogP contribution in [0.4, 0.5) is 4.39 Å². The number of carboxylic acids is 1. The van der Waals surface area contributed by atoms with Gasteiger partial charge < -0.3 is 19.3 Å². The van der Waals surface area contributed by atoms with Crippen LogP contribution in [0.5, 0.6) is 11.5 Å². The highest BCUT2D eigenvalue weighted by Gasteiger charge is 2.35. The minimum atomic E-state index is -1.39. The number of aromatic nitrogens is 4. The molecular formula is C36H37FN4O5. The minimum Gasteiger partial charge on any atom is -0.496 e. The van der Waals surface area contributed by atoms with Crippen molar-refractivity contribution in [3.05, 3.63) is 82.6 Å². The number of hydrogen-bond donors (Lipinski definition) is 1. The molecule has 4 heterocycles. The number of carboxylic acid groups (broad SMARTS) is 1. The van der Waals surface area contributed by atoms with Gasteiger partial charge >= 0.3 is 5.97 Å². The quantitative estimate of drug-likeness (QED) is 0.199. The fourth-order valence-electron chi connectivity index (χ4n) is 6.23. The summed E-state index contributed by atoms with van der Waals surface area (Å²) >= 11 is 0. The fourth-order valence-corrected chi connectivity index (χ4v) is 6.23. The largest absolute Gasteiger partial charge is 0.496 e. The zero-order valence-electron chi connectivity index (χ0n) is 27.1. The summed E-state index contributed by atoms with van der Waals surface area (Å²) < 4.78 is 34.8. The van der Waals surface area contributed by atoms with Gasteiger partial charge in [-0.2, -0.15) is 5.10 Å². The molecule has 5 aromatic rings. The molecule has 6 rings (SSSR count). The van der Waals surface area contributed by atoms with E-state index < -0.39 is 23.5 Å². The SMILES string of the molecule is COc1ccncc1-c1cccc(-c2nn3c(-c4cc(F)c5c(c4C)CCCO5)c(C(OC(C)(C)C)C(=O)O)c(C)nc3c2C)c1. The Morgan fingerprint density at radius 2 is 1.85 bits per heavy atom. The predicted molar refractivity (Wildman–Crippen MR) is 173 cm³/mol. The number of benzene rings is 2. The van der Waals surface area contributed by atoms with Crippen molar-refractivity contribution in [3.8, 4) is 45.1 Å². The lowest BCUT2D eigenvalue weighted by Gasteiger charge is -2.28. The highest BCUT2D eigenvalue weighted by atomic mass is 19.1. The molecule has 0 radical (unpaired) electrons. The van der Waals surface area contributed by atoms with Crippen molar-refractivity contribution in [2.45, 2.75) is 66.1 Å². The smallest absolute Gasteiger partial charge is 0.337 e. The fraction of sp³-hybridized carbons (Fsp3) is 0.333. The van der Waals surface area contributed by atoms with Gasteiger partial charge in [-0.1, -0.05) is 18.2 Å². The van der Waals surface area contributed by atoms with Crippen molar-refractivity contribution in [2.24, 2.45) is 0 Å². The lowest BCUT2D eigenvalue weighted by molar-refractivity contribution is -0.160. The van der Waals surface area contributed by atoms with E-state index in [4.69, 9.17) is 24.3 Å². The standard InChI is InChI=1S/C36H37FN4O5/c1-19-24-12-9-15-45-32(24)27(37)17-25(19)31-29(33(35(42)43)46-36(4,5)6)21(3)39-34-20(2)30(40-41(31)34)23-11-8-10-22(16-23)26-18-38-14-13-28(26)44-7/h8,10-11,13-14,16-18,33H,9,12,15H2,1-7H3,(H,42,43). The highest BCUT2D eigenvalue weighted by molar-refractivity contribution is 5.84. The number of carbonyl (C=O) groups is 1. The van der Waals surface area contributed by atoms with E-state index in [-0.39, 0.29) is 5.75 Å². The molecule has 46 heavy (non-hydrogen) atoms. The predicted octanol–water partition coefficient (Wildman–Crippen LogP) is 7.46. The Kier molecular flexibility index (Phi) is 8.02. The van der Waals surface area contributed by atoms with Crippen LogP contribution < -0.4 is 9.47 Å². The normalized spacial score (nSPS) is 13.7. The first kappa shape index (κ1) is 31.2. The van der Waals surface area contributed by atoms with E-state index in [1.807, 2.05) is 44.2 Å². The molecule has 0 fully saturated rings. The molecule has 0 spiro atoms. The Morgan fingerprint density at radius 1 is 1.09 bits per heavy atom. The monoisotopic (exact) mass is 624 g/mol. The summed E-state index contributed by atoms with van der Waals surface area (Å²) in [6.45, 7) is 11.4. The summed E-state index contributed by atoms with van der Waals surface area (Å²) in [6.07, 6.45) is 3.43. The van der Waals surface area contributed by atoms with Gasteiger partial charge in [0, 0.05) is 51.5 Å². The molecule has 238 valence electrons. The molecule has 10 heteroatoms. The topological polar surface area (TPSA) is 108 Å². The number of aliphatic carboxylic acids is 1. The van der Waals surface area contributed by atoms with E-state index in [0.29, 0.717) is 52.6 Å². The molecule has 1 aliphatic rings. The maximum absolute atomic E-state index is 15.7. The molecule has 0 saturated heterocycles. The van der Waals surface area contributed by atoms with Gasteiger partial charge in [0.05, 0.1) is 30.7 Å². The maximum atomic E-state index is 15.7. The van der Waals surface area contributed by atoms with E-state index in [1.165, 1.54) is 6.07 Å². The number of aryl methyl sites for hydroxylation is 2. The molecule has 0 bridgehead atoms. The molecule has 0 aliphatic carbocycles. The third-order valence-electron chi connectivity index (χ3n) is 8.32. The first-order valence-electron chi connectivity index (χ1n) is 15.2. The molecule has 1 N–H and O–H groups in total. The van der Waals surface area contributed by atoms with Crippen LogP contribution in [0.2, 0.25) is 0 Å². The second kappa shape index (κ2) is 11.8. The number of nitrogens with zero attached hydrogens (tertiary/aromatic N) is 4. The van der Waals surface area contributed by atoms with E-state index >= 15 is 4.39 Å². The number of methoxy groups -OCH3 is 1. The van der Waals surface area contributed by atoms with E-state index in [1.54, 1.807) is 51.7 Å². The molecular weight excluding hydrogens is 587 g/mol. The van der Waals surface area contributed by atoms with Gasteiger partial charge in [0.15, 0.2) is 23.3 Å². The zero-order valence-corrected chi connectivity index (χ0v) is 27.1. The number of hydrogen-bond acceptors (Lipinski definition) is 7. The van der Waals surface area contributed by atoms with Crippen molar-refractivity contribution in [2.75, 3.05) is 13.7 Å². The summed E-state index contributed by atoms with van der Waals surface area (Å²) in [5.41, 5.74) is 6.97. The molecule has 3 aromatic heterocycles. The Morgan fingerprint density at radius 3 is 2.57 bits per heavy atom. The van der Waals surface area contributed by atoms with E-state index in [2.05, 4.69) is 4.98 Å². The van der Waals surface area contributed by atoms with Crippen LogP contribution in [-0.2, 0) is 16.0 Å². The van der Waals surface area contributed by atoms with Gasteiger partial charge in [-0.3, -0.25) is 4.98 Å². The van der Waals surface area contributed by atoms with E-state index in [9.17, 15) is 9.90 Å². The van der Waals surface area contributed by atoms with Crippen molar-refractivity contribution in [1.29, 1.82) is 0 Å². The molecule has 1 unspecified atom stereocenters. The number of ether oxygens (including phenoxy) is 3. The average Bonchev–Trinajstić information content (AvgIpc) is 3.36. The van der Waals surface area contributed by atoms with Gasteiger partial charge in [0.1, 0.15) is 5.75 Å². The van der Waals surface area contributed by atoms with Crippen molar-refractivity contribution >= 4 is 11.6 Å². The lowest BCUT2D eigenvalue weighted by Crippen LogP contribution is -2.29. The summed E-state index contributed by atoms with van der Waals surface area (Å²) in [4.78, 5) is 22.0. The van der Waals surface area contributed by atoms with Gasteiger partial charge in [0.2, 0.25) is 0 Å². The first-order valence-corrected chi connectivity index (χ1v) is 15.2. The Bertz CT molecular complexity index is 2000. The number of pyridine rings is 1. The Hall–Kier alpha value is -4.83. The number of halogens is 1. The maximum Gasteiger partial charge on any atom is 0.337 e. The first-order chi connectivity index (χ1) is 21.9. The molecule has 2 aromatic carbocycles. The van der Waals surface area contributed by atoms with Crippen LogP contribution in [0.25, 0.3) is 39.3 Å². The third-order valence-corrected chi connectivity index (χ3v) is 8.32. The summed E-state index contributed by atoms with van der Waals surface area (Å²) in [6, 6.07) is 11.1. The second-order valence-corrected chi connectivity index (χ2v) is 12.6. The average molecular weight is 625 g/mol. The Labute approximate surface area is 267 Å². The van der Waals surface area contributed by atoms with Crippen LogP contribution in [0.3, 0.4) is 0 Å². The van der Waals surface area contributed by atoms with Gasteiger partial charge in [-0.15, -0.1) is 0 Å². The molecule has 0 amide bonds. The lowest BCUT2D eigenvalue weighted by atomic mass is 9.91.